The van der Waals surface area contributed by atoms with E-state index in [9.17, 15) is 14.4 Å². The van der Waals surface area contributed by atoms with Crippen molar-refractivity contribution >= 4 is 17.6 Å². The molecule has 2 aliphatic rings. The van der Waals surface area contributed by atoms with Crippen LogP contribution in [0, 0.1) is 5.41 Å². The molecule has 0 aliphatic carbocycles. The maximum absolute atomic E-state index is 13.6. The molecule has 2 aliphatic heterocycles. The lowest BCUT2D eigenvalue weighted by molar-refractivity contribution is -0.168. The molecule has 0 N–H and O–H groups in total. The molecule has 0 saturated heterocycles. The van der Waals surface area contributed by atoms with Gasteiger partial charge in [-0.2, -0.15) is 0 Å². The third-order valence-corrected chi connectivity index (χ3v) is 6.83. The fourth-order valence-electron chi connectivity index (χ4n) is 4.98. The highest BCUT2D eigenvalue weighted by Crippen LogP contribution is 2.59. The fraction of sp³-hybridized carbons (Fsp3) is 0.292. The highest BCUT2D eigenvalue weighted by atomic mass is 35.5. The van der Waals surface area contributed by atoms with Gasteiger partial charge in [0.1, 0.15) is 18.5 Å². The second-order valence-electron chi connectivity index (χ2n) is 8.27. The molecule has 33 heavy (non-hydrogen) atoms. The summed E-state index contributed by atoms with van der Waals surface area (Å²) in [4.78, 5) is 39.7. The molecule has 3 heterocycles. The molecule has 3 atom stereocenters. The van der Waals surface area contributed by atoms with Gasteiger partial charge in [0.05, 0.1) is 12.7 Å². The van der Waals surface area contributed by atoms with Crippen LogP contribution in [0.5, 0.6) is 11.6 Å². The second kappa shape index (κ2) is 7.52. The van der Waals surface area contributed by atoms with E-state index in [1.807, 2.05) is 18.2 Å². The Morgan fingerprint density at radius 1 is 1.09 bits per heavy atom. The van der Waals surface area contributed by atoms with Crippen molar-refractivity contribution < 1.29 is 19.0 Å². The number of carbonyl (C=O) groups excluding carboxylic acids is 1. The summed E-state index contributed by atoms with van der Waals surface area (Å²) in [5.41, 5.74) is -0.985. The van der Waals surface area contributed by atoms with E-state index in [1.165, 1.54) is 25.8 Å². The fourth-order valence-corrected chi connectivity index (χ4v) is 5.11. The second-order valence-corrected chi connectivity index (χ2v) is 8.70. The number of hydrogen-bond acceptors (Lipinski definition) is 6. The first-order valence-electron chi connectivity index (χ1n) is 10.3. The van der Waals surface area contributed by atoms with Gasteiger partial charge in [-0.25, -0.2) is 4.79 Å². The van der Waals surface area contributed by atoms with Gasteiger partial charge in [0, 0.05) is 30.6 Å². The van der Waals surface area contributed by atoms with Crippen LogP contribution in [0.2, 0.25) is 5.02 Å². The maximum Gasteiger partial charge on any atom is 0.333 e. The van der Waals surface area contributed by atoms with E-state index in [-0.39, 0.29) is 18.1 Å². The average molecular weight is 469 g/mol. The predicted octanol–water partition coefficient (Wildman–Crippen LogP) is 2.55. The topological polar surface area (TPSA) is 88.8 Å². The SMILES string of the molecule is COC(=O)[C@]12COc3ccccc3[C@H]1c1c(n(C)c(=O)n(C)c1=O)O[C@H]2c1ccc(Cl)cc1. The zero-order valence-corrected chi connectivity index (χ0v) is 19.0. The van der Waals surface area contributed by atoms with Gasteiger partial charge in [-0.3, -0.25) is 18.7 Å². The third-order valence-electron chi connectivity index (χ3n) is 6.58. The quantitative estimate of drug-likeness (QED) is 0.537. The molecular formula is C24H21ClN2O6. The summed E-state index contributed by atoms with van der Waals surface area (Å²) < 4.78 is 20.0. The summed E-state index contributed by atoms with van der Waals surface area (Å²) in [6.07, 6.45) is -0.911. The van der Waals surface area contributed by atoms with Gasteiger partial charge in [0.25, 0.3) is 5.56 Å². The van der Waals surface area contributed by atoms with Crippen LogP contribution >= 0.6 is 11.6 Å². The number of fused-ring (bicyclic) bond motifs is 5. The lowest BCUT2D eigenvalue weighted by atomic mass is 9.62. The van der Waals surface area contributed by atoms with Crippen molar-refractivity contribution in [2.24, 2.45) is 19.5 Å². The zero-order valence-electron chi connectivity index (χ0n) is 18.2. The number of aromatic nitrogens is 2. The van der Waals surface area contributed by atoms with Crippen molar-refractivity contribution in [2.75, 3.05) is 13.7 Å². The number of para-hydroxylation sites is 1. The Morgan fingerprint density at radius 2 is 1.79 bits per heavy atom. The Hall–Kier alpha value is -3.52. The minimum Gasteiger partial charge on any atom is -0.492 e. The number of rotatable bonds is 2. The number of esters is 1. The van der Waals surface area contributed by atoms with Crippen LogP contribution in [0.25, 0.3) is 0 Å². The molecule has 1 aromatic heterocycles. The summed E-state index contributed by atoms with van der Waals surface area (Å²) in [5, 5.41) is 0.519. The standard InChI is InChI=1S/C24H21ClN2O6/c1-26-20(28)17-18-15-6-4-5-7-16(15)32-12-24(18,22(29)31-3)19(13-8-10-14(25)11-9-13)33-21(17)27(2)23(26)30/h4-11,18-19H,12H2,1-3H3/t18-,19-,24+/m0/s1. The number of methoxy groups -OCH3 is 1. The monoisotopic (exact) mass is 468 g/mol. The van der Waals surface area contributed by atoms with Gasteiger partial charge >= 0.3 is 11.7 Å². The van der Waals surface area contributed by atoms with Crippen LogP contribution in [-0.2, 0) is 23.6 Å². The molecule has 0 radical (unpaired) electrons. The number of hydrogen-bond donors (Lipinski definition) is 0. The first kappa shape index (κ1) is 21.3. The Bertz CT molecular complexity index is 1390. The molecule has 0 unspecified atom stereocenters. The van der Waals surface area contributed by atoms with Crippen LogP contribution in [0.4, 0.5) is 0 Å². The van der Waals surface area contributed by atoms with E-state index in [0.29, 0.717) is 21.9 Å². The predicted molar refractivity (Wildman–Crippen MR) is 120 cm³/mol. The minimum absolute atomic E-state index is 0.0833. The van der Waals surface area contributed by atoms with Crippen molar-refractivity contribution in [3.8, 4) is 11.6 Å². The van der Waals surface area contributed by atoms with Gasteiger partial charge in [0.15, 0.2) is 5.41 Å². The summed E-state index contributed by atoms with van der Waals surface area (Å²) in [6, 6.07) is 14.1. The van der Waals surface area contributed by atoms with Crippen molar-refractivity contribution in [3.63, 3.8) is 0 Å². The van der Waals surface area contributed by atoms with Crippen LogP contribution in [0.15, 0.2) is 58.1 Å². The van der Waals surface area contributed by atoms with E-state index >= 15 is 0 Å². The largest absolute Gasteiger partial charge is 0.492 e. The summed E-state index contributed by atoms with van der Waals surface area (Å²) in [5.74, 6) is -0.682. The Labute approximate surface area is 193 Å². The minimum atomic E-state index is -1.42. The molecule has 0 saturated carbocycles. The van der Waals surface area contributed by atoms with Gasteiger partial charge < -0.3 is 14.2 Å². The Morgan fingerprint density at radius 3 is 2.48 bits per heavy atom. The van der Waals surface area contributed by atoms with E-state index in [1.54, 1.807) is 30.3 Å². The third kappa shape index (κ3) is 2.87. The maximum atomic E-state index is 13.6. The normalized spacial score (nSPS) is 22.8. The summed E-state index contributed by atoms with van der Waals surface area (Å²) in [6.45, 7) is -0.0833. The molecule has 170 valence electrons. The van der Waals surface area contributed by atoms with E-state index in [4.69, 9.17) is 25.8 Å². The molecule has 0 fully saturated rings. The van der Waals surface area contributed by atoms with Gasteiger partial charge in [-0.1, -0.05) is 41.9 Å². The van der Waals surface area contributed by atoms with E-state index < -0.39 is 34.7 Å². The molecule has 0 spiro atoms. The molecule has 5 rings (SSSR count). The average Bonchev–Trinajstić information content (AvgIpc) is 2.84. The summed E-state index contributed by atoms with van der Waals surface area (Å²) >= 11 is 6.10. The van der Waals surface area contributed by atoms with Gasteiger partial charge in [0.2, 0.25) is 5.88 Å². The van der Waals surface area contributed by atoms with Crippen molar-refractivity contribution in [1.82, 2.24) is 9.13 Å². The molecule has 9 heteroatoms. The molecule has 0 bridgehead atoms. The summed E-state index contributed by atoms with van der Waals surface area (Å²) in [7, 11) is 4.24. The van der Waals surface area contributed by atoms with Gasteiger partial charge in [-0.05, 0) is 23.8 Å². The highest BCUT2D eigenvalue weighted by molar-refractivity contribution is 6.30. The van der Waals surface area contributed by atoms with Crippen molar-refractivity contribution in [3.05, 3.63) is 91.1 Å². The number of carbonyl (C=O) groups is 1. The highest BCUT2D eigenvalue weighted by Gasteiger charge is 2.63. The zero-order chi connectivity index (χ0) is 23.5. The molecular weight excluding hydrogens is 448 g/mol. The first-order chi connectivity index (χ1) is 15.8. The number of benzene rings is 2. The lowest BCUT2D eigenvalue weighted by Gasteiger charge is -2.49. The van der Waals surface area contributed by atoms with Crippen LogP contribution in [0.1, 0.15) is 28.7 Å². The number of nitrogens with zero attached hydrogens (tertiary/aromatic N) is 2. The van der Waals surface area contributed by atoms with E-state index in [0.717, 1.165) is 4.57 Å². The number of ether oxygens (including phenoxy) is 3. The molecule has 0 amide bonds. The first-order valence-corrected chi connectivity index (χ1v) is 10.7. The van der Waals surface area contributed by atoms with Crippen molar-refractivity contribution in [2.45, 2.75) is 12.0 Å². The van der Waals surface area contributed by atoms with Crippen LogP contribution in [0.3, 0.4) is 0 Å². The van der Waals surface area contributed by atoms with Gasteiger partial charge in [-0.15, -0.1) is 0 Å². The molecule has 8 nitrogen and oxygen atoms in total. The van der Waals surface area contributed by atoms with E-state index in [2.05, 4.69) is 0 Å². The van der Waals surface area contributed by atoms with Crippen molar-refractivity contribution in [1.29, 1.82) is 0 Å². The van der Waals surface area contributed by atoms with Crippen LogP contribution in [-0.4, -0.2) is 28.8 Å². The molecule has 3 aromatic rings. The Balaban J connectivity index is 1.92. The Kier molecular flexibility index (Phi) is 4.86. The number of halogens is 1. The van der Waals surface area contributed by atoms with Crippen LogP contribution < -0.4 is 20.7 Å². The molecule has 2 aromatic carbocycles. The smallest absolute Gasteiger partial charge is 0.333 e. The lowest BCUT2D eigenvalue weighted by Crippen LogP contribution is -2.57.